The molecule has 40 heavy (non-hydrogen) atoms. The number of hydrogen-bond acceptors (Lipinski definition) is 7. The summed E-state index contributed by atoms with van der Waals surface area (Å²) in [6.07, 6.45) is 3.27. The van der Waals surface area contributed by atoms with E-state index in [2.05, 4.69) is 38.3 Å². The van der Waals surface area contributed by atoms with Crippen LogP contribution in [0.4, 0.5) is 5.69 Å². The van der Waals surface area contributed by atoms with Crippen molar-refractivity contribution in [3.05, 3.63) is 77.6 Å². The van der Waals surface area contributed by atoms with Crippen LogP contribution in [0.3, 0.4) is 0 Å². The highest BCUT2D eigenvalue weighted by Crippen LogP contribution is 2.34. The molecular weight excluding hydrogens is 506 g/mol. The fourth-order valence-electron chi connectivity index (χ4n) is 5.60. The number of ether oxygens (including phenoxy) is 3. The maximum Gasteiger partial charge on any atom is 0.227 e. The number of rotatable bonds is 8. The Kier molecular flexibility index (Phi) is 7.68. The van der Waals surface area contributed by atoms with Gasteiger partial charge >= 0.3 is 0 Å². The molecule has 2 N–H and O–H groups in total. The minimum Gasteiger partial charge on any atom is -0.493 e. The molecule has 1 saturated heterocycles. The quantitative estimate of drug-likeness (QED) is 0.350. The van der Waals surface area contributed by atoms with Crippen LogP contribution in [0.1, 0.15) is 23.2 Å². The Morgan fingerprint density at radius 1 is 1.10 bits per heavy atom. The van der Waals surface area contributed by atoms with Gasteiger partial charge in [-0.1, -0.05) is 18.2 Å². The zero-order valence-electron chi connectivity index (χ0n) is 23.0. The van der Waals surface area contributed by atoms with E-state index >= 15 is 0 Å². The molecular formula is C31H35N5O4. The predicted octanol–water partition coefficient (Wildman–Crippen LogP) is 3.89. The van der Waals surface area contributed by atoms with E-state index in [1.165, 1.54) is 11.1 Å². The van der Waals surface area contributed by atoms with Crippen molar-refractivity contribution in [1.82, 2.24) is 19.6 Å². The van der Waals surface area contributed by atoms with Crippen LogP contribution in [0.2, 0.25) is 0 Å². The number of nitrogens with zero attached hydrogens (tertiary/aromatic N) is 3. The minimum atomic E-state index is -0.0848. The van der Waals surface area contributed by atoms with E-state index in [1.54, 1.807) is 14.2 Å². The molecule has 0 bridgehead atoms. The second-order valence-corrected chi connectivity index (χ2v) is 10.3. The van der Waals surface area contributed by atoms with Crippen molar-refractivity contribution in [3.8, 4) is 22.8 Å². The van der Waals surface area contributed by atoms with Crippen LogP contribution in [0.15, 0.2) is 60.8 Å². The van der Waals surface area contributed by atoms with E-state index < -0.39 is 0 Å². The molecule has 2 aromatic heterocycles. The van der Waals surface area contributed by atoms with Gasteiger partial charge in [0.05, 0.1) is 44.7 Å². The van der Waals surface area contributed by atoms with Crippen molar-refractivity contribution in [1.29, 1.82) is 0 Å². The zero-order valence-corrected chi connectivity index (χ0v) is 23.0. The minimum absolute atomic E-state index is 0.0468. The average molecular weight is 542 g/mol. The van der Waals surface area contributed by atoms with E-state index in [9.17, 15) is 4.79 Å². The van der Waals surface area contributed by atoms with Gasteiger partial charge in [0, 0.05) is 50.2 Å². The van der Waals surface area contributed by atoms with Gasteiger partial charge in [-0.15, -0.1) is 0 Å². The zero-order chi connectivity index (χ0) is 27.5. The Bertz CT molecular complexity index is 1490. The molecule has 208 valence electrons. The van der Waals surface area contributed by atoms with Crippen molar-refractivity contribution >= 4 is 17.2 Å². The standard InChI is InChI=1S/C31H35N5O4/c1-38-27-15-22-10-13-35(19-23(22)16-28(27)39-2)20-26-31(34-29-5-3-4-12-36(26)29)21-6-8-24(9-7-21)33-30(37)17-25-18-32-11-14-40-25/h3-9,12,15-16,25,32H,10-11,13-14,17-20H2,1-2H3,(H,33,37). The highest BCUT2D eigenvalue weighted by molar-refractivity contribution is 5.91. The summed E-state index contributed by atoms with van der Waals surface area (Å²) >= 11 is 0. The van der Waals surface area contributed by atoms with Gasteiger partial charge in [-0.3, -0.25) is 9.69 Å². The van der Waals surface area contributed by atoms with Crippen LogP contribution in [-0.4, -0.2) is 66.8 Å². The number of amides is 1. The lowest BCUT2D eigenvalue weighted by Crippen LogP contribution is -2.40. The summed E-state index contributed by atoms with van der Waals surface area (Å²) in [7, 11) is 3.35. The number of fused-ring (bicyclic) bond motifs is 2. The first-order chi connectivity index (χ1) is 19.6. The van der Waals surface area contributed by atoms with Crippen LogP contribution in [0.5, 0.6) is 11.5 Å². The number of imidazole rings is 1. The lowest BCUT2D eigenvalue weighted by Gasteiger charge is -2.29. The highest BCUT2D eigenvalue weighted by Gasteiger charge is 2.23. The maximum atomic E-state index is 12.5. The highest BCUT2D eigenvalue weighted by atomic mass is 16.5. The Labute approximate surface area is 234 Å². The van der Waals surface area contributed by atoms with Crippen molar-refractivity contribution in [2.45, 2.75) is 32.0 Å². The molecule has 1 amide bonds. The number of morpholine rings is 1. The normalized spacial score (nSPS) is 17.4. The SMILES string of the molecule is COc1cc2c(cc1OC)CN(Cc1c(-c3ccc(NC(=O)CC4CNCCO4)cc3)nc3ccccn13)CC2. The van der Waals surface area contributed by atoms with Crippen LogP contribution in [0.25, 0.3) is 16.9 Å². The van der Waals surface area contributed by atoms with Gasteiger partial charge in [0.25, 0.3) is 0 Å². The maximum absolute atomic E-state index is 12.5. The first-order valence-corrected chi connectivity index (χ1v) is 13.8. The summed E-state index contributed by atoms with van der Waals surface area (Å²) in [5.74, 6) is 1.49. The van der Waals surface area contributed by atoms with Gasteiger partial charge in [0.2, 0.25) is 5.91 Å². The molecule has 9 nitrogen and oxygen atoms in total. The number of hydrogen-bond donors (Lipinski definition) is 2. The Morgan fingerprint density at radius 3 is 2.65 bits per heavy atom. The van der Waals surface area contributed by atoms with E-state index in [1.807, 2.05) is 42.5 Å². The second-order valence-electron chi connectivity index (χ2n) is 10.3. The van der Waals surface area contributed by atoms with Crippen molar-refractivity contribution in [2.75, 3.05) is 45.8 Å². The third kappa shape index (κ3) is 5.54. The topological polar surface area (TPSA) is 89.4 Å². The summed E-state index contributed by atoms with van der Waals surface area (Å²) in [6.45, 7) is 4.68. The third-order valence-corrected chi connectivity index (χ3v) is 7.66. The molecule has 1 fully saturated rings. The number of benzene rings is 2. The van der Waals surface area contributed by atoms with Gasteiger partial charge in [0.15, 0.2) is 11.5 Å². The molecule has 6 rings (SSSR count). The van der Waals surface area contributed by atoms with E-state index in [0.717, 1.165) is 72.4 Å². The largest absolute Gasteiger partial charge is 0.493 e. The molecule has 1 atom stereocenters. The van der Waals surface area contributed by atoms with Gasteiger partial charge < -0.3 is 29.2 Å². The molecule has 9 heteroatoms. The monoisotopic (exact) mass is 541 g/mol. The average Bonchev–Trinajstić information content (AvgIpc) is 3.35. The molecule has 0 spiro atoms. The number of carbonyl (C=O) groups excluding carboxylic acids is 1. The Morgan fingerprint density at radius 2 is 1.90 bits per heavy atom. The van der Waals surface area contributed by atoms with Crippen LogP contribution in [-0.2, 0) is 29.0 Å². The van der Waals surface area contributed by atoms with Crippen molar-refractivity contribution in [3.63, 3.8) is 0 Å². The number of nitrogens with one attached hydrogen (secondary N) is 2. The number of methoxy groups -OCH3 is 2. The summed E-state index contributed by atoms with van der Waals surface area (Å²) in [6, 6.07) is 18.2. The molecule has 2 aliphatic rings. The predicted molar refractivity (Wildman–Crippen MR) is 154 cm³/mol. The van der Waals surface area contributed by atoms with Crippen LogP contribution < -0.4 is 20.1 Å². The fraction of sp³-hybridized carbons (Fsp3) is 0.355. The summed E-state index contributed by atoms with van der Waals surface area (Å²) < 4.78 is 18.9. The van der Waals surface area contributed by atoms with Gasteiger partial charge in [0.1, 0.15) is 5.65 Å². The van der Waals surface area contributed by atoms with Crippen LogP contribution >= 0.6 is 0 Å². The molecule has 4 heterocycles. The van der Waals surface area contributed by atoms with E-state index in [-0.39, 0.29) is 12.0 Å². The van der Waals surface area contributed by atoms with E-state index in [4.69, 9.17) is 19.2 Å². The first-order valence-electron chi connectivity index (χ1n) is 13.8. The molecule has 2 aliphatic heterocycles. The lowest BCUT2D eigenvalue weighted by molar-refractivity contribution is -0.119. The second kappa shape index (κ2) is 11.7. The molecule has 0 radical (unpaired) electrons. The molecule has 2 aromatic carbocycles. The summed E-state index contributed by atoms with van der Waals surface area (Å²) in [4.78, 5) is 20.0. The smallest absolute Gasteiger partial charge is 0.227 e. The summed E-state index contributed by atoms with van der Waals surface area (Å²) in [5, 5.41) is 6.26. The number of aromatic nitrogens is 2. The molecule has 4 aromatic rings. The lowest BCUT2D eigenvalue weighted by atomic mass is 9.98. The fourth-order valence-corrected chi connectivity index (χ4v) is 5.60. The number of pyridine rings is 1. The molecule has 0 aliphatic carbocycles. The van der Waals surface area contributed by atoms with Crippen molar-refractivity contribution < 1.29 is 19.0 Å². The van der Waals surface area contributed by atoms with E-state index in [0.29, 0.717) is 19.6 Å². The van der Waals surface area contributed by atoms with Gasteiger partial charge in [-0.25, -0.2) is 4.98 Å². The first kappa shape index (κ1) is 26.3. The van der Waals surface area contributed by atoms with Crippen molar-refractivity contribution in [2.24, 2.45) is 0 Å². The number of carbonyl (C=O) groups is 1. The van der Waals surface area contributed by atoms with Gasteiger partial charge in [-0.05, 0) is 53.9 Å². The summed E-state index contributed by atoms with van der Waals surface area (Å²) in [5.41, 5.74) is 7.34. The third-order valence-electron chi connectivity index (χ3n) is 7.66. The molecule has 1 unspecified atom stereocenters. The van der Waals surface area contributed by atoms with Crippen LogP contribution in [0, 0.1) is 0 Å². The molecule has 0 saturated carbocycles. The number of anilines is 1. The van der Waals surface area contributed by atoms with Gasteiger partial charge in [-0.2, -0.15) is 0 Å². The Balaban J connectivity index is 1.21. The Hall–Kier alpha value is -3.92.